The third-order valence-corrected chi connectivity index (χ3v) is 5.19. The molecule has 0 spiro atoms. The fraction of sp³-hybridized carbons (Fsp3) is 0.905. The van der Waals surface area contributed by atoms with Crippen molar-refractivity contribution < 1.29 is 24.0 Å². The Hall–Kier alpha value is 1.63. The van der Waals surface area contributed by atoms with Crippen molar-refractivity contribution in [1.82, 2.24) is 10.6 Å². The number of nitrogens with one attached hydrogen (secondary N) is 2. The van der Waals surface area contributed by atoms with Crippen molar-refractivity contribution in [1.29, 1.82) is 0 Å². The first-order chi connectivity index (χ1) is 13.8. The Morgan fingerprint density at radius 1 is 0.710 bits per heavy atom. The van der Waals surface area contributed by atoms with Crippen LogP contribution in [-0.2, 0) is 24.0 Å². The molecule has 0 unspecified atom stereocenters. The summed E-state index contributed by atoms with van der Waals surface area (Å²) in [5.41, 5.74) is -0.447. The molecule has 0 radical (unpaired) electrons. The maximum absolute atomic E-state index is 12.3. The van der Waals surface area contributed by atoms with E-state index in [0.717, 1.165) is 25.7 Å². The average Bonchev–Trinajstić information content (AvgIpc) is 2.37. The number of piperidine rings is 2. The van der Waals surface area contributed by atoms with E-state index in [0.29, 0.717) is 0 Å². The summed E-state index contributed by atoms with van der Waals surface area (Å²) in [5, 5.41) is 7.11. The van der Waals surface area contributed by atoms with Crippen LogP contribution in [0.25, 0.3) is 0 Å². The Bertz CT molecular complexity index is 557. The van der Waals surface area contributed by atoms with Gasteiger partial charge in [-0.25, -0.2) is 0 Å². The Morgan fingerprint density at radius 2 is 0.935 bits per heavy atom. The Morgan fingerprint density at radius 3 is 1.16 bits per heavy atom. The predicted molar refractivity (Wildman–Crippen MR) is 147 cm³/mol. The molecule has 10 heteroatoms. The molecule has 2 fully saturated rings. The second kappa shape index (κ2) is 12.1. The summed E-state index contributed by atoms with van der Waals surface area (Å²) in [6.07, 6.45) is 2.22. The van der Waals surface area contributed by atoms with Gasteiger partial charge in [-0.3, -0.25) is 9.59 Å². The standard InChI is InChI=1S/C21H38N2O4.3HI.V/c1-18(2)10-14(11-19(3,4)22-18)26-16(24)9-17(25)27-15-12-20(5,6)23-21(7,8)13-15;;;;/h14-15,22-23H,9-13H2,1-8H3;3*1H;/q;;;;+3/p-3. The van der Waals surface area contributed by atoms with E-state index in [2.05, 4.69) is 126 Å². The van der Waals surface area contributed by atoms with Crippen LogP contribution in [0.2, 0.25) is 0 Å². The van der Waals surface area contributed by atoms with Gasteiger partial charge in [0, 0.05) is 47.8 Å². The van der Waals surface area contributed by atoms with Gasteiger partial charge in [-0.2, -0.15) is 0 Å². The van der Waals surface area contributed by atoms with Gasteiger partial charge in [-0.1, -0.05) is 0 Å². The number of hydrogen-bond donors (Lipinski definition) is 2. The molecule has 2 aliphatic heterocycles. The number of hydrogen-bond acceptors (Lipinski definition) is 6. The number of halogens is 3. The molecule has 6 nitrogen and oxygen atoms in total. The zero-order chi connectivity index (χ0) is 24.3. The normalized spacial score (nSPS) is 24.6. The molecule has 2 rings (SSSR count). The van der Waals surface area contributed by atoms with E-state index >= 15 is 0 Å². The second-order valence-corrected chi connectivity index (χ2v) is 46.6. The van der Waals surface area contributed by atoms with E-state index < -0.39 is 11.9 Å². The predicted octanol–water partition coefficient (Wildman–Crippen LogP) is 5.74. The van der Waals surface area contributed by atoms with Crippen molar-refractivity contribution in [2.45, 2.75) is 122 Å². The van der Waals surface area contributed by atoms with E-state index in [1.54, 1.807) is 0 Å². The Labute approximate surface area is 225 Å². The number of ether oxygens (including phenoxy) is 2. The molecule has 0 aromatic rings. The molecule has 0 aliphatic carbocycles. The first kappa shape index (κ1) is 30.7. The van der Waals surface area contributed by atoms with Gasteiger partial charge in [0.2, 0.25) is 0 Å². The van der Waals surface area contributed by atoms with E-state index in [1.807, 2.05) is 0 Å². The quantitative estimate of drug-likeness (QED) is 0.215. The van der Waals surface area contributed by atoms with Crippen LogP contribution in [0, 0.1) is 0 Å². The third kappa shape index (κ3) is 13.3. The van der Waals surface area contributed by atoms with E-state index in [1.165, 1.54) is 0 Å². The van der Waals surface area contributed by atoms with Crippen LogP contribution < -0.4 is 10.6 Å². The molecule has 2 saturated heterocycles. The van der Waals surface area contributed by atoms with Crippen molar-refractivity contribution in [3.8, 4) is 0 Å². The van der Waals surface area contributed by atoms with Crippen LogP contribution in [0.5, 0.6) is 0 Å². The number of carbonyl (C=O) groups excluding carboxylic acids is 2. The molecule has 0 bridgehead atoms. The summed E-state index contributed by atoms with van der Waals surface area (Å²) in [6, 6.07) is 0. The summed E-state index contributed by atoms with van der Waals surface area (Å²) in [6.45, 7) is 16.8. The molecule has 2 aliphatic rings. The fourth-order valence-electron chi connectivity index (χ4n) is 5.20. The SMILES string of the molecule is CC1(C)CC(OC(=O)CC(=O)OC2CC(C)(C)NC(C)(C)C2)CC(C)(C)N1.[I][V]([I])[I]. The molecule has 0 amide bonds. The van der Waals surface area contributed by atoms with Crippen LogP contribution in [0.4, 0.5) is 0 Å². The maximum atomic E-state index is 12.3. The molecular weight excluding hydrogens is 776 g/mol. The average molecular weight is 814 g/mol. The second-order valence-electron chi connectivity index (χ2n) is 11.2. The van der Waals surface area contributed by atoms with Crippen LogP contribution in [0.15, 0.2) is 0 Å². The first-order valence-electron chi connectivity index (χ1n) is 10.5. The Balaban J connectivity index is 0.00000110. The number of rotatable bonds is 4. The molecule has 182 valence electrons. The summed E-state index contributed by atoms with van der Waals surface area (Å²) >= 11 is 7.39. The molecule has 0 aromatic heterocycles. The summed E-state index contributed by atoms with van der Waals surface area (Å²) in [4.78, 5) is 24.3. The van der Waals surface area contributed by atoms with Crippen molar-refractivity contribution >= 4 is 71.9 Å². The number of esters is 2. The van der Waals surface area contributed by atoms with E-state index in [4.69, 9.17) is 9.47 Å². The van der Waals surface area contributed by atoms with Gasteiger partial charge < -0.3 is 20.1 Å². The van der Waals surface area contributed by atoms with Gasteiger partial charge in [-0.15, -0.1) is 0 Å². The molecule has 2 N–H and O–H groups in total. The molecule has 2 heterocycles. The molecule has 0 atom stereocenters. The third-order valence-electron chi connectivity index (χ3n) is 5.19. The zero-order valence-electron chi connectivity index (χ0n) is 19.9. The van der Waals surface area contributed by atoms with Crippen molar-refractivity contribution in [2.24, 2.45) is 0 Å². The van der Waals surface area contributed by atoms with Crippen LogP contribution in [0.3, 0.4) is 0 Å². The van der Waals surface area contributed by atoms with Crippen LogP contribution >= 0.6 is 59.9 Å². The van der Waals surface area contributed by atoms with Crippen molar-refractivity contribution in [3.63, 3.8) is 0 Å². The molecule has 0 saturated carbocycles. The minimum atomic E-state index is -0.494. The summed E-state index contributed by atoms with van der Waals surface area (Å²) in [5.74, 6) is -0.989. The van der Waals surface area contributed by atoms with Crippen molar-refractivity contribution in [2.75, 3.05) is 0 Å². The van der Waals surface area contributed by atoms with Gasteiger partial charge in [-0.05, 0) is 55.4 Å². The van der Waals surface area contributed by atoms with Gasteiger partial charge in [0.25, 0.3) is 0 Å². The Kier molecular flexibility index (Phi) is 11.9. The van der Waals surface area contributed by atoms with Crippen LogP contribution in [0.1, 0.15) is 87.5 Å². The topological polar surface area (TPSA) is 76.7 Å². The molecule has 0 aromatic carbocycles. The van der Waals surface area contributed by atoms with E-state index in [-0.39, 0.29) is 45.7 Å². The summed E-state index contributed by atoms with van der Waals surface area (Å²) in [7, 11) is 0. The van der Waals surface area contributed by atoms with Gasteiger partial charge in [0.05, 0.1) is 0 Å². The van der Waals surface area contributed by atoms with Gasteiger partial charge >= 0.3 is 76.8 Å². The minimum absolute atomic E-state index is 0.112. The van der Waals surface area contributed by atoms with Crippen LogP contribution in [-0.4, -0.2) is 46.3 Å². The first-order valence-corrected chi connectivity index (χ1v) is 24.1. The summed E-state index contributed by atoms with van der Waals surface area (Å²) < 4.78 is 11.2. The number of carbonyl (C=O) groups is 2. The zero-order valence-corrected chi connectivity index (χ0v) is 27.8. The van der Waals surface area contributed by atoms with Gasteiger partial charge in [0.1, 0.15) is 18.6 Å². The van der Waals surface area contributed by atoms with Crippen molar-refractivity contribution in [3.05, 3.63) is 0 Å². The van der Waals surface area contributed by atoms with Gasteiger partial charge in [0.15, 0.2) is 0 Å². The monoisotopic (exact) mass is 814 g/mol. The van der Waals surface area contributed by atoms with E-state index in [9.17, 15) is 9.59 Å². The molecule has 31 heavy (non-hydrogen) atoms. The fourth-order valence-corrected chi connectivity index (χ4v) is 5.20. The molecular formula is C21H38I3N2O4V.